The van der Waals surface area contributed by atoms with Gasteiger partial charge in [-0.3, -0.25) is 5.41 Å². The van der Waals surface area contributed by atoms with Crippen LogP contribution < -0.4 is 10.6 Å². The van der Waals surface area contributed by atoms with E-state index >= 15 is 0 Å². The smallest absolute Gasteiger partial charge is 0.140 e. The van der Waals surface area contributed by atoms with Crippen molar-refractivity contribution in [3.63, 3.8) is 0 Å². The zero-order valence-electron chi connectivity index (χ0n) is 12.5. The lowest BCUT2D eigenvalue weighted by Gasteiger charge is -2.39. The molecule has 3 rings (SSSR count). The quantitative estimate of drug-likeness (QED) is 0.649. The molecule has 1 atom stereocenters. The van der Waals surface area contributed by atoms with Gasteiger partial charge in [0.15, 0.2) is 0 Å². The zero-order valence-corrected chi connectivity index (χ0v) is 12.5. The highest BCUT2D eigenvalue weighted by molar-refractivity contribution is 6.03. The second-order valence-corrected chi connectivity index (χ2v) is 5.77. The van der Waals surface area contributed by atoms with Crippen molar-refractivity contribution in [3.05, 3.63) is 35.9 Å². The van der Waals surface area contributed by atoms with Crippen molar-refractivity contribution in [2.45, 2.75) is 13.0 Å². The molecule has 1 aliphatic heterocycles. The topological polar surface area (TPSA) is 69.2 Å². The van der Waals surface area contributed by atoms with Crippen LogP contribution in [0.4, 0.5) is 5.82 Å². The van der Waals surface area contributed by atoms with Crippen molar-refractivity contribution in [1.29, 1.82) is 5.41 Å². The molecule has 0 amide bonds. The number of amidine groups is 1. The van der Waals surface area contributed by atoms with E-state index in [1.165, 1.54) is 0 Å². The molecule has 0 bridgehead atoms. The van der Waals surface area contributed by atoms with Crippen LogP contribution in [0.2, 0.25) is 0 Å². The number of hydrogen-bond acceptors (Lipinski definition) is 4. The summed E-state index contributed by atoms with van der Waals surface area (Å²) >= 11 is 0. The Morgan fingerprint density at radius 2 is 2.10 bits per heavy atom. The molecule has 1 unspecified atom stereocenters. The number of hydrogen-bond donors (Lipinski definition) is 2. The van der Waals surface area contributed by atoms with Crippen molar-refractivity contribution < 1.29 is 0 Å². The summed E-state index contributed by atoms with van der Waals surface area (Å²) in [7, 11) is 2.13. The summed E-state index contributed by atoms with van der Waals surface area (Å²) in [6.45, 7) is 5.09. The second kappa shape index (κ2) is 5.33. The summed E-state index contributed by atoms with van der Waals surface area (Å²) < 4.78 is 0. The van der Waals surface area contributed by atoms with Gasteiger partial charge in [0.05, 0.1) is 11.1 Å². The number of likely N-dealkylation sites (N-methyl/N-ethyl adjacent to an activating group) is 1. The number of rotatable bonds is 2. The first-order valence-corrected chi connectivity index (χ1v) is 7.25. The van der Waals surface area contributed by atoms with Crippen molar-refractivity contribution in [1.82, 2.24) is 9.88 Å². The van der Waals surface area contributed by atoms with Gasteiger partial charge in [-0.25, -0.2) is 4.98 Å². The van der Waals surface area contributed by atoms with E-state index in [1.54, 1.807) is 0 Å². The van der Waals surface area contributed by atoms with Crippen LogP contribution in [-0.2, 0) is 0 Å². The SMILES string of the molecule is CC1CN(C)CCN1c1nc2ccccc2cc1C(=N)N. The van der Waals surface area contributed by atoms with Crippen molar-refractivity contribution >= 4 is 22.6 Å². The highest BCUT2D eigenvalue weighted by atomic mass is 15.3. The Bertz CT molecular complexity index is 681. The minimum Gasteiger partial charge on any atom is -0.384 e. The first kappa shape index (κ1) is 13.8. The largest absolute Gasteiger partial charge is 0.384 e. The fourth-order valence-electron chi connectivity index (χ4n) is 2.98. The molecule has 5 nitrogen and oxygen atoms in total. The average Bonchev–Trinajstić information content (AvgIpc) is 2.46. The standard InChI is InChI=1S/C16H21N5/c1-11-10-20(2)7-8-21(11)16-13(15(17)18)9-12-5-3-4-6-14(12)19-16/h3-6,9,11H,7-8,10H2,1-2H3,(H3,17,18). The van der Waals surface area contributed by atoms with E-state index in [0.29, 0.717) is 6.04 Å². The number of pyridine rings is 1. The summed E-state index contributed by atoms with van der Waals surface area (Å²) in [6.07, 6.45) is 0. The Morgan fingerprint density at radius 1 is 1.33 bits per heavy atom. The van der Waals surface area contributed by atoms with Gasteiger partial charge in [0.2, 0.25) is 0 Å². The van der Waals surface area contributed by atoms with Crippen LogP contribution in [-0.4, -0.2) is 48.4 Å². The number of nitrogens with zero attached hydrogens (tertiary/aromatic N) is 3. The Kier molecular flexibility index (Phi) is 3.51. The predicted molar refractivity (Wildman–Crippen MR) is 87.1 cm³/mol. The van der Waals surface area contributed by atoms with Crippen LogP contribution >= 0.6 is 0 Å². The van der Waals surface area contributed by atoms with E-state index in [1.807, 2.05) is 30.3 Å². The van der Waals surface area contributed by atoms with Crippen molar-refractivity contribution in [3.8, 4) is 0 Å². The molecule has 1 aromatic carbocycles. The van der Waals surface area contributed by atoms with Crippen LogP contribution in [0.15, 0.2) is 30.3 Å². The van der Waals surface area contributed by atoms with Gasteiger partial charge in [-0.2, -0.15) is 0 Å². The second-order valence-electron chi connectivity index (χ2n) is 5.77. The number of aromatic nitrogens is 1. The Hall–Kier alpha value is -2.14. The number of fused-ring (bicyclic) bond motifs is 1. The number of para-hydroxylation sites is 1. The van der Waals surface area contributed by atoms with E-state index in [9.17, 15) is 0 Å². The molecule has 110 valence electrons. The molecule has 0 radical (unpaired) electrons. The summed E-state index contributed by atoms with van der Waals surface area (Å²) in [6, 6.07) is 10.3. The third-order valence-electron chi connectivity index (χ3n) is 4.10. The third kappa shape index (κ3) is 2.56. The minimum atomic E-state index is 0.0781. The van der Waals surface area contributed by atoms with Gasteiger partial charge in [0.1, 0.15) is 11.7 Å². The van der Waals surface area contributed by atoms with E-state index in [-0.39, 0.29) is 5.84 Å². The maximum atomic E-state index is 7.88. The third-order valence-corrected chi connectivity index (χ3v) is 4.10. The highest BCUT2D eigenvalue weighted by Gasteiger charge is 2.25. The first-order chi connectivity index (χ1) is 10.1. The molecule has 1 fully saturated rings. The van der Waals surface area contributed by atoms with Gasteiger partial charge < -0.3 is 15.5 Å². The summed E-state index contributed by atoms with van der Waals surface area (Å²) in [5, 5.41) is 8.90. The van der Waals surface area contributed by atoms with Crippen LogP contribution in [0.1, 0.15) is 12.5 Å². The van der Waals surface area contributed by atoms with Crippen LogP contribution in [0.3, 0.4) is 0 Å². The maximum absolute atomic E-state index is 7.88. The molecule has 1 saturated heterocycles. The Balaban J connectivity index is 2.11. The van der Waals surface area contributed by atoms with Gasteiger partial charge in [-0.05, 0) is 26.1 Å². The molecule has 5 heteroatoms. The summed E-state index contributed by atoms with van der Waals surface area (Å²) in [5.74, 6) is 0.913. The van der Waals surface area contributed by atoms with Gasteiger partial charge >= 0.3 is 0 Å². The molecule has 2 heterocycles. The lowest BCUT2D eigenvalue weighted by Crippen LogP contribution is -2.51. The van der Waals surface area contributed by atoms with Crippen LogP contribution in [0.25, 0.3) is 10.9 Å². The molecular weight excluding hydrogens is 262 g/mol. The summed E-state index contributed by atoms with van der Waals surface area (Å²) in [4.78, 5) is 9.36. The molecule has 0 aliphatic carbocycles. The van der Waals surface area contributed by atoms with Crippen molar-refractivity contribution in [2.24, 2.45) is 5.73 Å². The Morgan fingerprint density at radius 3 is 2.81 bits per heavy atom. The Labute approximate surface area is 124 Å². The fraction of sp³-hybridized carbons (Fsp3) is 0.375. The highest BCUT2D eigenvalue weighted by Crippen LogP contribution is 2.26. The van der Waals surface area contributed by atoms with Gasteiger partial charge in [-0.1, -0.05) is 18.2 Å². The number of nitrogens with two attached hydrogens (primary N) is 1. The monoisotopic (exact) mass is 283 g/mol. The lowest BCUT2D eigenvalue weighted by molar-refractivity contribution is 0.274. The summed E-state index contributed by atoms with van der Waals surface area (Å²) in [5.41, 5.74) is 7.47. The van der Waals surface area contributed by atoms with Crippen LogP contribution in [0, 0.1) is 5.41 Å². The fourth-order valence-corrected chi connectivity index (χ4v) is 2.98. The van der Waals surface area contributed by atoms with E-state index in [2.05, 4.69) is 23.8 Å². The molecule has 3 N–H and O–H groups in total. The predicted octanol–water partition coefficient (Wildman–Crippen LogP) is 1.66. The van der Waals surface area contributed by atoms with Crippen LogP contribution in [0.5, 0.6) is 0 Å². The average molecular weight is 283 g/mol. The minimum absolute atomic E-state index is 0.0781. The molecule has 0 saturated carbocycles. The molecule has 0 spiro atoms. The maximum Gasteiger partial charge on any atom is 0.140 e. The molecule has 2 aromatic rings. The first-order valence-electron chi connectivity index (χ1n) is 7.25. The molecule has 21 heavy (non-hydrogen) atoms. The molecule has 1 aliphatic rings. The lowest BCUT2D eigenvalue weighted by atomic mass is 10.1. The van der Waals surface area contributed by atoms with Gasteiger partial charge in [0.25, 0.3) is 0 Å². The van der Waals surface area contributed by atoms with E-state index < -0.39 is 0 Å². The van der Waals surface area contributed by atoms with Crippen molar-refractivity contribution in [2.75, 3.05) is 31.6 Å². The normalized spacial score (nSPS) is 19.9. The number of nitrogen functional groups attached to an aromatic ring is 1. The van der Waals surface area contributed by atoms with Gasteiger partial charge in [0, 0.05) is 31.1 Å². The number of benzene rings is 1. The number of piperazine rings is 1. The molecular formula is C16H21N5. The number of anilines is 1. The number of nitrogens with one attached hydrogen (secondary N) is 1. The zero-order chi connectivity index (χ0) is 15.0. The van der Waals surface area contributed by atoms with E-state index in [0.717, 1.165) is 41.9 Å². The van der Waals surface area contributed by atoms with E-state index in [4.69, 9.17) is 16.1 Å². The molecule has 1 aromatic heterocycles. The van der Waals surface area contributed by atoms with Gasteiger partial charge in [-0.15, -0.1) is 0 Å².